The first-order valence-corrected chi connectivity index (χ1v) is 7.20. The van der Waals surface area contributed by atoms with Gasteiger partial charge in [-0.2, -0.15) is 0 Å². The molecule has 1 fully saturated rings. The molecule has 1 aliphatic heterocycles. The van der Waals surface area contributed by atoms with Gasteiger partial charge in [-0.05, 0) is 31.8 Å². The van der Waals surface area contributed by atoms with E-state index in [0.29, 0.717) is 6.54 Å². The Morgan fingerprint density at radius 1 is 1.33 bits per heavy atom. The Morgan fingerprint density at radius 2 is 1.89 bits per heavy atom. The molecule has 0 radical (unpaired) electrons. The van der Waals surface area contributed by atoms with Crippen LogP contribution in [-0.2, 0) is 4.79 Å². The topological polar surface area (TPSA) is 61.4 Å². The van der Waals surface area contributed by atoms with E-state index in [4.69, 9.17) is 0 Å². The average Bonchev–Trinajstić information content (AvgIpc) is 2.38. The van der Waals surface area contributed by atoms with Gasteiger partial charge in [0.25, 0.3) is 0 Å². The van der Waals surface area contributed by atoms with E-state index >= 15 is 0 Å². The lowest BCUT2D eigenvalue weighted by molar-refractivity contribution is -0.132. The molecule has 106 valence electrons. The summed E-state index contributed by atoms with van der Waals surface area (Å²) < 4.78 is 0. The van der Waals surface area contributed by atoms with Crippen LogP contribution in [0.15, 0.2) is 0 Å². The lowest BCUT2D eigenvalue weighted by Gasteiger charge is -2.33. The van der Waals surface area contributed by atoms with Gasteiger partial charge in [0.2, 0.25) is 5.91 Å². The van der Waals surface area contributed by atoms with Crippen molar-refractivity contribution in [2.75, 3.05) is 19.6 Å². The second-order valence-corrected chi connectivity index (χ2v) is 5.66. The van der Waals surface area contributed by atoms with Gasteiger partial charge in [0.05, 0.1) is 6.10 Å². The minimum atomic E-state index is -0.422. The van der Waals surface area contributed by atoms with Crippen LogP contribution >= 0.6 is 0 Å². The molecule has 1 saturated heterocycles. The maximum absolute atomic E-state index is 12.2. The van der Waals surface area contributed by atoms with Crippen molar-refractivity contribution >= 4 is 5.91 Å². The number of aliphatic hydroxyl groups excluding tert-OH is 1. The summed E-state index contributed by atoms with van der Waals surface area (Å²) in [7, 11) is 0. The fraction of sp³-hybridized carbons (Fsp3) is 0.929. The molecule has 4 nitrogen and oxygen atoms in total. The third-order valence-corrected chi connectivity index (χ3v) is 4.32. The van der Waals surface area contributed by atoms with Crippen molar-refractivity contribution < 1.29 is 9.90 Å². The normalized spacial score (nSPS) is 20.7. The molecule has 1 atom stereocenters. The Hall–Kier alpha value is -0.610. The van der Waals surface area contributed by atoms with Crippen LogP contribution in [-0.4, -0.2) is 36.8 Å². The minimum Gasteiger partial charge on any atom is -0.391 e. The molecule has 1 rings (SSSR count). The van der Waals surface area contributed by atoms with Crippen LogP contribution < -0.4 is 10.6 Å². The molecule has 3 N–H and O–H groups in total. The Balaban J connectivity index is 2.40. The molecule has 0 aromatic carbocycles. The quantitative estimate of drug-likeness (QED) is 0.671. The summed E-state index contributed by atoms with van der Waals surface area (Å²) in [6, 6.07) is 0. The van der Waals surface area contributed by atoms with Crippen molar-refractivity contribution in [3.05, 3.63) is 0 Å². The molecule has 1 unspecified atom stereocenters. The zero-order valence-electron chi connectivity index (χ0n) is 12.0. The summed E-state index contributed by atoms with van der Waals surface area (Å²) in [5.41, 5.74) is -0.265. The largest absolute Gasteiger partial charge is 0.391 e. The van der Waals surface area contributed by atoms with Crippen LogP contribution in [0.3, 0.4) is 0 Å². The smallest absolute Gasteiger partial charge is 0.226 e. The highest BCUT2D eigenvalue weighted by atomic mass is 16.3. The molecule has 0 aromatic heterocycles. The highest BCUT2D eigenvalue weighted by molar-refractivity contribution is 5.82. The second kappa shape index (κ2) is 7.10. The number of carbonyl (C=O) groups excluding carboxylic acids is 1. The zero-order chi connectivity index (χ0) is 13.6. The third-order valence-electron chi connectivity index (χ3n) is 4.32. The summed E-state index contributed by atoms with van der Waals surface area (Å²) in [5, 5.41) is 16.2. The first-order valence-electron chi connectivity index (χ1n) is 7.20. The summed E-state index contributed by atoms with van der Waals surface area (Å²) in [5.74, 6) is 0.375. The van der Waals surface area contributed by atoms with Crippen molar-refractivity contribution in [1.82, 2.24) is 10.6 Å². The molecule has 0 bridgehead atoms. The predicted octanol–water partition coefficient (Wildman–Crippen LogP) is 1.29. The van der Waals surface area contributed by atoms with Crippen LogP contribution in [0.5, 0.6) is 0 Å². The molecule has 1 heterocycles. The van der Waals surface area contributed by atoms with Gasteiger partial charge in [-0.1, -0.05) is 33.6 Å². The molecule has 0 aliphatic carbocycles. The summed E-state index contributed by atoms with van der Waals surface area (Å²) in [6.07, 6.45) is 3.23. The van der Waals surface area contributed by atoms with Gasteiger partial charge in [-0.25, -0.2) is 0 Å². The van der Waals surface area contributed by atoms with E-state index in [0.717, 1.165) is 38.8 Å². The fourth-order valence-corrected chi connectivity index (χ4v) is 2.62. The molecule has 18 heavy (non-hydrogen) atoms. The number of aliphatic hydroxyl groups is 1. The molecular weight excluding hydrogens is 228 g/mol. The number of rotatable bonds is 6. The average molecular weight is 256 g/mol. The van der Waals surface area contributed by atoms with Crippen molar-refractivity contribution in [3.63, 3.8) is 0 Å². The van der Waals surface area contributed by atoms with Crippen molar-refractivity contribution in [1.29, 1.82) is 0 Å². The highest BCUT2D eigenvalue weighted by Crippen LogP contribution is 2.28. The first kappa shape index (κ1) is 15.4. The van der Waals surface area contributed by atoms with Gasteiger partial charge < -0.3 is 15.7 Å². The van der Waals surface area contributed by atoms with Gasteiger partial charge in [0.15, 0.2) is 0 Å². The first-order chi connectivity index (χ1) is 8.53. The Morgan fingerprint density at radius 3 is 2.39 bits per heavy atom. The maximum atomic E-state index is 12.2. The summed E-state index contributed by atoms with van der Waals surface area (Å²) in [6.45, 7) is 8.36. The zero-order valence-corrected chi connectivity index (χ0v) is 12.0. The van der Waals surface area contributed by atoms with Crippen LogP contribution in [0, 0.1) is 11.3 Å². The SMILES string of the molecule is CCC(CC)C(O)CNC(=O)C1(C)CCNCC1. The van der Waals surface area contributed by atoms with Gasteiger partial charge in [-0.3, -0.25) is 4.79 Å². The number of hydrogen-bond donors (Lipinski definition) is 3. The number of carbonyl (C=O) groups is 1. The third kappa shape index (κ3) is 3.95. The van der Waals surface area contributed by atoms with Crippen molar-refractivity contribution in [3.8, 4) is 0 Å². The summed E-state index contributed by atoms with van der Waals surface area (Å²) in [4.78, 5) is 12.2. The fourth-order valence-electron chi connectivity index (χ4n) is 2.62. The number of nitrogens with one attached hydrogen (secondary N) is 2. The van der Waals surface area contributed by atoms with E-state index in [1.54, 1.807) is 0 Å². The predicted molar refractivity (Wildman–Crippen MR) is 73.3 cm³/mol. The minimum absolute atomic E-state index is 0.0917. The lowest BCUT2D eigenvalue weighted by atomic mass is 9.80. The van der Waals surface area contributed by atoms with E-state index in [1.807, 2.05) is 6.92 Å². The molecule has 0 aromatic rings. The molecule has 1 amide bonds. The van der Waals surface area contributed by atoms with Gasteiger partial charge in [0, 0.05) is 12.0 Å². The molecule has 0 spiro atoms. The Labute approximate surface area is 111 Å². The molecule has 1 aliphatic rings. The standard InChI is InChI=1S/C14H28N2O2/c1-4-11(5-2)12(17)10-16-13(18)14(3)6-8-15-9-7-14/h11-12,15,17H,4-10H2,1-3H3,(H,16,18). The van der Waals surface area contributed by atoms with Crippen LogP contribution in [0.25, 0.3) is 0 Å². The van der Waals surface area contributed by atoms with E-state index in [9.17, 15) is 9.90 Å². The van der Waals surface area contributed by atoms with Gasteiger partial charge >= 0.3 is 0 Å². The van der Waals surface area contributed by atoms with Gasteiger partial charge in [0.1, 0.15) is 0 Å². The van der Waals surface area contributed by atoms with Crippen molar-refractivity contribution in [2.24, 2.45) is 11.3 Å². The van der Waals surface area contributed by atoms with Crippen molar-refractivity contribution in [2.45, 2.75) is 52.6 Å². The highest BCUT2D eigenvalue weighted by Gasteiger charge is 2.34. The Bertz CT molecular complexity index is 259. The number of piperidine rings is 1. The maximum Gasteiger partial charge on any atom is 0.226 e. The van der Waals surface area contributed by atoms with E-state index < -0.39 is 6.10 Å². The molecular formula is C14H28N2O2. The van der Waals surface area contributed by atoms with E-state index in [2.05, 4.69) is 24.5 Å². The van der Waals surface area contributed by atoms with Crippen LogP contribution in [0.4, 0.5) is 0 Å². The van der Waals surface area contributed by atoms with Crippen LogP contribution in [0.2, 0.25) is 0 Å². The van der Waals surface area contributed by atoms with Gasteiger partial charge in [-0.15, -0.1) is 0 Å². The number of hydrogen-bond acceptors (Lipinski definition) is 3. The monoisotopic (exact) mass is 256 g/mol. The van der Waals surface area contributed by atoms with E-state index in [1.165, 1.54) is 0 Å². The Kier molecular flexibility index (Phi) is 6.09. The van der Waals surface area contributed by atoms with E-state index in [-0.39, 0.29) is 17.2 Å². The second-order valence-electron chi connectivity index (χ2n) is 5.66. The van der Waals surface area contributed by atoms with Crippen LogP contribution in [0.1, 0.15) is 46.5 Å². The molecule has 4 heteroatoms. The summed E-state index contributed by atoms with van der Waals surface area (Å²) >= 11 is 0. The lowest BCUT2D eigenvalue weighted by Crippen LogP contribution is -2.48. The number of amides is 1. The molecule has 0 saturated carbocycles.